The van der Waals surface area contributed by atoms with Crippen molar-refractivity contribution in [3.05, 3.63) is 12.4 Å². The summed E-state index contributed by atoms with van der Waals surface area (Å²) in [7, 11) is 0. The van der Waals surface area contributed by atoms with E-state index in [0.717, 1.165) is 6.67 Å². The highest BCUT2D eigenvalue weighted by molar-refractivity contribution is 7.97. The Bertz CT molecular complexity index is 104. The molecular formula is C5H10N2S2. The Morgan fingerprint density at radius 1 is 1.11 bits per heavy atom. The van der Waals surface area contributed by atoms with E-state index in [1.807, 2.05) is 0 Å². The second kappa shape index (κ2) is 3.27. The third-order valence-corrected chi connectivity index (χ3v) is 2.56. The normalized spacial score (nSPS) is 17.6. The van der Waals surface area contributed by atoms with E-state index in [9.17, 15) is 0 Å². The van der Waals surface area contributed by atoms with Crippen LogP contribution in [0.2, 0.25) is 0 Å². The fraction of sp³-hybridized carbons (Fsp3) is 0.600. The van der Waals surface area contributed by atoms with Crippen LogP contribution in [0.25, 0.3) is 0 Å². The Morgan fingerprint density at radius 2 is 1.56 bits per heavy atom. The highest BCUT2D eigenvalue weighted by Crippen LogP contribution is 2.18. The molecule has 2 nitrogen and oxygen atoms in total. The van der Waals surface area contributed by atoms with Crippen LogP contribution in [0.15, 0.2) is 12.4 Å². The first-order valence-electron chi connectivity index (χ1n) is 2.66. The van der Waals surface area contributed by atoms with Crippen molar-refractivity contribution in [2.45, 2.75) is 0 Å². The zero-order chi connectivity index (χ0) is 6.69. The monoisotopic (exact) mass is 162 g/mol. The van der Waals surface area contributed by atoms with E-state index >= 15 is 0 Å². The lowest BCUT2D eigenvalue weighted by Gasteiger charge is -2.15. The van der Waals surface area contributed by atoms with Crippen molar-refractivity contribution in [3.8, 4) is 0 Å². The van der Waals surface area contributed by atoms with Crippen LogP contribution in [0.5, 0.6) is 0 Å². The first kappa shape index (κ1) is 7.15. The van der Waals surface area contributed by atoms with E-state index in [1.165, 1.54) is 0 Å². The fourth-order valence-corrected chi connectivity index (χ4v) is 1.52. The minimum atomic E-state index is 1.00. The number of hydrogen-bond donors (Lipinski definition) is 0. The van der Waals surface area contributed by atoms with Gasteiger partial charge in [-0.1, -0.05) is 23.9 Å². The van der Waals surface area contributed by atoms with Gasteiger partial charge in [0.25, 0.3) is 0 Å². The Kier molecular flexibility index (Phi) is 2.60. The van der Waals surface area contributed by atoms with E-state index in [2.05, 4.69) is 33.5 Å². The summed E-state index contributed by atoms with van der Waals surface area (Å²) < 4.78 is 4.35. The largest absolute Gasteiger partial charge is 0.302 e. The van der Waals surface area contributed by atoms with E-state index in [0.29, 0.717) is 0 Å². The van der Waals surface area contributed by atoms with Crippen molar-refractivity contribution in [2.24, 2.45) is 0 Å². The Morgan fingerprint density at radius 3 is 1.78 bits per heavy atom. The molecule has 1 heterocycles. The molecule has 0 aliphatic carbocycles. The molecule has 0 N–H and O–H groups in total. The van der Waals surface area contributed by atoms with Gasteiger partial charge in [-0.3, -0.25) is 0 Å². The molecule has 0 aromatic heterocycles. The zero-order valence-corrected chi connectivity index (χ0v) is 7.21. The van der Waals surface area contributed by atoms with Gasteiger partial charge in [0.15, 0.2) is 0 Å². The minimum absolute atomic E-state index is 1.00. The average Bonchev–Trinajstić information content (AvgIpc) is 2.34. The van der Waals surface area contributed by atoms with Crippen LogP contribution in [0.1, 0.15) is 0 Å². The summed E-state index contributed by atoms with van der Waals surface area (Å²) in [5.41, 5.74) is 0. The predicted octanol–water partition coefficient (Wildman–Crippen LogP) is 1.59. The van der Waals surface area contributed by atoms with Crippen molar-refractivity contribution in [3.63, 3.8) is 0 Å². The molecule has 0 aromatic rings. The SMILES string of the molecule is CSN1C=CN(SC)C1. The van der Waals surface area contributed by atoms with Gasteiger partial charge >= 0.3 is 0 Å². The maximum absolute atomic E-state index is 2.18. The summed E-state index contributed by atoms with van der Waals surface area (Å²) in [6.07, 6.45) is 8.32. The molecule has 4 heteroatoms. The molecule has 0 fully saturated rings. The van der Waals surface area contributed by atoms with E-state index in [1.54, 1.807) is 23.9 Å². The Hall–Kier alpha value is 0.0400. The van der Waals surface area contributed by atoms with Crippen LogP contribution in [0.4, 0.5) is 0 Å². The quantitative estimate of drug-likeness (QED) is 0.569. The predicted molar refractivity (Wildman–Crippen MR) is 44.7 cm³/mol. The molecule has 9 heavy (non-hydrogen) atoms. The summed E-state index contributed by atoms with van der Waals surface area (Å²) in [5.74, 6) is 0. The van der Waals surface area contributed by atoms with Gasteiger partial charge in [0, 0.05) is 24.9 Å². The first-order chi connectivity index (χ1) is 4.36. The lowest BCUT2D eigenvalue weighted by Crippen LogP contribution is -2.13. The molecule has 0 unspecified atom stereocenters. The van der Waals surface area contributed by atoms with Crippen molar-refractivity contribution in [1.82, 2.24) is 8.61 Å². The highest BCUT2D eigenvalue weighted by atomic mass is 32.2. The molecule has 1 aliphatic rings. The second-order valence-corrected chi connectivity index (χ2v) is 3.31. The second-order valence-electron chi connectivity index (χ2n) is 1.64. The van der Waals surface area contributed by atoms with Gasteiger partial charge in [-0.25, -0.2) is 0 Å². The van der Waals surface area contributed by atoms with Crippen LogP contribution < -0.4 is 0 Å². The Labute approximate surface area is 64.5 Å². The van der Waals surface area contributed by atoms with E-state index in [4.69, 9.17) is 0 Å². The van der Waals surface area contributed by atoms with Crippen molar-refractivity contribution < 1.29 is 0 Å². The zero-order valence-electron chi connectivity index (χ0n) is 5.57. The molecule has 0 saturated carbocycles. The number of hydrogen-bond acceptors (Lipinski definition) is 4. The van der Waals surface area contributed by atoms with Crippen LogP contribution in [-0.4, -0.2) is 27.8 Å². The molecule has 0 atom stereocenters. The number of rotatable bonds is 2. The maximum Gasteiger partial charge on any atom is 0.110 e. The van der Waals surface area contributed by atoms with Crippen molar-refractivity contribution in [2.75, 3.05) is 19.2 Å². The van der Waals surface area contributed by atoms with E-state index < -0.39 is 0 Å². The fourth-order valence-electron chi connectivity index (χ4n) is 0.618. The summed E-state index contributed by atoms with van der Waals surface area (Å²) in [5, 5.41) is 0. The summed E-state index contributed by atoms with van der Waals surface area (Å²) >= 11 is 3.49. The van der Waals surface area contributed by atoms with Crippen LogP contribution >= 0.6 is 23.9 Å². The van der Waals surface area contributed by atoms with Gasteiger partial charge in [-0.05, 0) is 0 Å². The smallest absolute Gasteiger partial charge is 0.110 e. The lowest BCUT2D eigenvalue weighted by molar-refractivity contribution is 0.522. The minimum Gasteiger partial charge on any atom is -0.302 e. The van der Waals surface area contributed by atoms with E-state index in [-0.39, 0.29) is 0 Å². The van der Waals surface area contributed by atoms with Gasteiger partial charge in [-0.2, -0.15) is 0 Å². The van der Waals surface area contributed by atoms with Gasteiger partial charge in [0.2, 0.25) is 0 Å². The van der Waals surface area contributed by atoms with Gasteiger partial charge in [0.1, 0.15) is 6.67 Å². The van der Waals surface area contributed by atoms with Crippen LogP contribution in [0.3, 0.4) is 0 Å². The highest BCUT2D eigenvalue weighted by Gasteiger charge is 2.08. The third kappa shape index (κ3) is 1.72. The summed E-state index contributed by atoms with van der Waals surface area (Å²) in [6, 6.07) is 0. The summed E-state index contributed by atoms with van der Waals surface area (Å²) in [4.78, 5) is 0. The molecule has 1 rings (SSSR count). The maximum atomic E-state index is 2.18. The molecule has 0 spiro atoms. The van der Waals surface area contributed by atoms with Gasteiger partial charge in [-0.15, -0.1) is 0 Å². The average molecular weight is 162 g/mol. The van der Waals surface area contributed by atoms with Crippen molar-refractivity contribution >= 4 is 23.9 Å². The van der Waals surface area contributed by atoms with Crippen LogP contribution in [0, 0.1) is 0 Å². The first-order valence-corrected chi connectivity index (χ1v) is 5.03. The molecule has 0 aromatic carbocycles. The summed E-state index contributed by atoms with van der Waals surface area (Å²) in [6.45, 7) is 1.00. The molecular weight excluding hydrogens is 152 g/mol. The molecule has 1 aliphatic heterocycles. The topological polar surface area (TPSA) is 6.48 Å². The Balaban J connectivity index is 2.31. The van der Waals surface area contributed by atoms with Gasteiger partial charge in [0.05, 0.1) is 0 Å². The van der Waals surface area contributed by atoms with Crippen molar-refractivity contribution in [1.29, 1.82) is 0 Å². The molecule has 0 amide bonds. The number of nitrogens with zero attached hydrogens (tertiary/aromatic N) is 2. The third-order valence-electron chi connectivity index (χ3n) is 1.15. The van der Waals surface area contributed by atoms with Crippen LogP contribution in [-0.2, 0) is 0 Å². The lowest BCUT2D eigenvalue weighted by atomic mass is 11.0. The standard InChI is InChI=1S/C5H10N2S2/c1-8-6-3-4-7(5-6)9-2/h3-4H,5H2,1-2H3. The molecule has 0 bridgehead atoms. The van der Waals surface area contributed by atoms with Gasteiger partial charge < -0.3 is 8.61 Å². The molecule has 0 saturated heterocycles. The molecule has 0 radical (unpaired) electrons. The molecule has 52 valence electrons.